The number of anilines is 1. The maximum atomic E-state index is 12.1. The van der Waals surface area contributed by atoms with Crippen LogP contribution in [0.3, 0.4) is 0 Å². The summed E-state index contributed by atoms with van der Waals surface area (Å²) < 4.78 is 11.2. The van der Waals surface area contributed by atoms with Gasteiger partial charge in [-0.15, -0.1) is 0 Å². The highest BCUT2D eigenvalue weighted by Gasteiger charge is 2.19. The summed E-state index contributed by atoms with van der Waals surface area (Å²) in [7, 11) is 0.739. The Morgan fingerprint density at radius 3 is 2.33 bits per heavy atom. The maximum Gasteiger partial charge on any atom is 0.321 e. The molecule has 1 rings (SSSR count). The predicted molar refractivity (Wildman–Crippen MR) is 85.9 cm³/mol. The van der Waals surface area contributed by atoms with E-state index in [9.17, 15) is 9.00 Å². The van der Waals surface area contributed by atoms with Crippen molar-refractivity contribution < 1.29 is 9.00 Å². The third-order valence-corrected chi connectivity index (χ3v) is 3.98. The summed E-state index contributed by atoms with van der Waals surface area (Å²) in [5.41, 5.74) is 0.420. The Morgan fingerprint density at radius 2 is 1.90 bits per heavy atom. The van der Waals surface area contributed by atoms with Gasteiger partial charge in [0.1, 0.15) is 5.82 Å². The number of rotatable bonds is 4. The molecular formula is C14H24N4O2S. The van der Waals surface area contributed by atoms with Gasteiger partial charge in [0.25, 0.3) is 0 Å². The number of carbonyl (C=O) groups is 1. The molecule has 0 bridgehead atoms. The first-order valence-electron chi connectivity index (χ1n) is 6.77. The van der Waals surface area contributed by atoms with E-state index in [2.05, 4.69) is 15.3 Å². The summed E-state index contributed by atoms with van der Waals surface area (Å²) in [6.07, 6.45) is 4.82. The van der Waals surface area contributed by atoms with Crippen molar-refractivity contribution in [3.05, 3.63) is 18.2 Å². The van der Waals surface area contributed by atoms with Crippen LogP contribution in [0.1, 0.15) is 33.5 Å². The molecule has 6 nitrogen and oxygen atoms in total. The summed E-state index contributed by atoms with van der Waals surface area (Å²) in [5.74, 6) is 1.17. The van der Waals surface area contributed by atoms with Crippen LogP contribution >= 0.6 is 0 Å². The molecule has 7 heteroatoms. The van der Waals surface area contributed by atoms with Crippen molar-refractivity contribution in [3.63, 3.8) is 0 Å². The van der Waals surface area contributed by atoms with Crippen LogP contribution in [-0.4, -0.2) is 50.2 Å². The van der Waals surface area contributed by atoms with Crippen LogP contribution in [0.15, 0.2) is 12.4 Å². The van der Waals surface area contributed by atoms with Crippen molar-refractivity contribution in [3.8, 4) is 0 Å². The first-order valence-corrected chi connectivity index (χ1v) is 8.50. The van der Waals surface area contributed by atoms with Crippen molar-refractivity contribution in [1.29, 1.82) is 0 Å². The van der Waals surface area contributed by atoms with E-state index in [0.717, 1.165) is 5.82 Å². The fraction of sp³-hybridized carbons (Fsp3) is 0.643. The standard InChI is InChI=1S/C14H24N4O2S/c1-10(9-21(6)20)18(5)13(19)17-11-7-15-12(16-8-11)14(2,3)4/h7-8,10H,9H2,1-6H3,(H,17,19)/t10-,21+/m0/s1. The Hall–Kier alpha value is -1.50. The third kappa shape index (κ3) is 5.41. The number of urea groups is 1. The molecule has 0 radical (unpaired) electrons. The molecule has 0 saturated heterocycles. The van der Waals surface area contributed by atoms with Gasteiger partial charge in [-0.2, -0.15) is 0 Å². The van der Waals surface area contributed by atoms with E-state index in [1.165, 1.54) is 4.90 Å². The number of amides is 2. The number of carbonyl (C=O) groups excluding carboxylic acids is 1. The van der Waals surface area contributed by atoms with Gasteiger partial charge < -0.3 is 10.2 Å². The quantitative estimate of drug-likeness (QED) is 0.922. The molecule has 0 fully saturated rings. The molecule has 0 aliphatic carbocycles. The number of hydrogen-bond acceptors (Lipinski definition) is 4. The molecule has 1 aromatic rings. The van der Waals surface area contributed by atoms with E-state index in [4.69, 9.17) is 0 Å². The van der Waals surface area contributed by atoms with Gasteiger partial charge in [-0.1, -0.05) is 20.8 Å². The topological polar surface area (TPSA) is 75.2 Å². The molecule has 1 N–H and O–H groups in total. The first kappa shape index (κ1) is 17.6. The average Bonchev–Trinajstić information content (AvgIpc) is 2.36. The Balaban J connectivity index is 2.68. The van der Waals surface area contributed by atoms with Crippen LogP contribution < -0.4 is 5.32 Å². The predicted octanol–water partition coefficient (Wildman–Crippen LogP) is 2.00. The van der Waals surface area contributed by atoms with Gasteiger partial charge in [0.05, 0.1) is 18.1 Å². The largest absolute Gasteiger partial charge is 0.324 e. The van der Waals surface area contributed by atoms with Gasteiger partial charge in [-0.3, -0.25) is 4.21 Å². The van der Waals surface area contributed by atoms with Crippen LogP contribution in [0, 0.1) is 0 Å². The number of hydrogen-bond donors (Lipinski definition) is 1. The van der Waals surface area contributed by atoms with Crippen molar-refractivity contribution in [2.24, 2.45) is 0 Å². The van der Waals surface area contributed by atoms with Crippen LogP contribution in [0.5, 0.6) is 0 Å². The normalized spacial score (nSPS) is 14.4. The van der Waals surface area contributed by atoms with Crippen LogP contribution in [0.25, 0.3) is 0 Å². The molecular weight excluding hydrogens is 288 g/mol. The highest BCUT2D eigenvalue weighted by Crippen LogP contribution is 2.18. The van der Waals surface area contributed by atoms with E-state index >= 15 is 0 Å². The lowest BCUT2D eigenvalue weighted by atomic mass is 9.96. The molecule has 1 heterocycles. The second kappa shape index (κ2) is 6.98. The van der Waals surface area contributed by atoms with Crippen molar-refractivity contribution in [2.75, 3.05) is 24.4 Å². The summed E-state index contributed by atoms with van der Waals surface area (Å²) in [4.78, 5) is 22.1. The van der Waals surface area contributed by atoms with Gasteiger partial charge in [0.15, 0.2) is 0 Å². The second-order valence-corrected chi connectivity index (χ2v) is 7.66. The van der Waals surface area contributed by atoms with E-state index in [1.807, 2.05) is 27.7 Å². The van der Waals surface area contributed by atoms with E-state index in [0.29, 0.717) is 11.4 Å². The highest BCUT2D eigenvalue weighted by molar-refractivity contribution is 7.84. The first-order chi connectivity index (χ1) is 9.61. The number of nitrogens with zero attached hydrogens (tertiary/aromatic N) is 3. The minimum atomic E-state index is -0.939. The molecule has 1 aromatic heterocycles. The van der Waals surface area contributed by atoms with Gasteiger partial charge in [-0.05, 0) is 6.92 Å². The molecule has 0 spiro atoms. The molecule has 0 aliphatic rings. The molecule has 0 saturated carbocycles. The Kier molecular flexibility index (Phi) is 5.83. The molecule has 2 amide bonds. The zero-order valence-electron chi connectivity index (χ0n) is 13.5. The second-order valence-electron chi connectivity index (χ2n) is 6.18. The minimum absolute atomic E-state index is 0.106. The minimum Gasteiger partial charge on any atom is -0.324 e. The van der Waals surface area contributed by atoms with Gasteiger partial charge in [-0.25, -0.2) is 14.8 Å². The fourth-order valence-corrected chi connectivity index (χ4v) is 2.55. The lowest BCUT2D eigenvalue weighted by molar-refractivity contribution is 0.212. The van der Waals surface area contributed by atoms with E-state index < -0.39 is 10.8 Å². The Bertz CT molecular complexity index is 511. The number of aromatic nitrogens is 2. The lowest BCUT2D eigenvalue weighted by Gasteiger charge is -2.24. The molecule has 2 atom stereocenters. The highest BCUT2D eigenvalue weighted by atomic mass is 32.2. The van der Waals surface area contributed by atoms with Crippen LogP contribution in [0.2, 0.25) is 0 Å². The zero-order valence-corrected chi connectivity index (χ0v) is 14.3. The maximum absolute atomic E-state index is 12.1. The molecule has 0 aromatic carbocycles. The van der Waals surface area contributed by atoms with Gasteiger partial charge in [0.2, 0.25) is 0 Å². The summed E-state index contributed by atoms with van der Waals surface area (Å²) in [6, 6.07) is -0.370. The smallest absolute Gasteiger partial charge is 0.321 e. The van der Waals surface area contributed by atoms with Crippen molar-refractivity contribution in [1.82, 2.24) is 14.9 Å². The van der Waals surface area contributed by atoms with Crippen LogP contribution in [-0.2, 0) is 16.2 Å². The molecule has 0 aliphatic heterocycles. The summed E-state index contributed by atoms with van der Waals surface area (Å²) in [5, 5.41) is 2.74. The van der Waals surface area contributed by atoms with Gasteiger partial charge in [0, 0.05) is 41.3 Å². The SMILES string of the molecule is C[C@@H](C[S@@](C)=O)N(C)C(=O)Nc1cnc(C(C)(C)C)nc1. The Morgan fingerprint density at radius 1 is 1.38 bits per heavy atom. The molecule has 21 heavy (non-hydrogen) atoms. The monoisotopic (exact) mass is 312 g/mol. The van der Waals surface area contributed by atoms with E-state index in [1.54, 1.807) is 25.7 Å². The zero-order chi connectivity index (χ0) is 16.2. The third-order valence-electron chi connectivity index (χ3n) is 3.03. The fourth-order valence-electron chi connectivity index (χ4n) is 1.64. The van der Waals surface area contributed by atoms with Crippen molar-refractivity contribution >= 4 is 22.5 Å². The summed E-state index contributed by atoms with van der Waals surface area (Å²) in [6.45, 7) is 7.95. The van der Waals surface area contributed by atoms with Gasteiger partial charge >= 0.3 is 6.03 Å². The van der Waals surface area contributed by atoms with Crippen molar-refractivity contribution in [2.45, 2.75) is 39.2 Å². The average molecular weight is 312 g/mol. The Labute approximate surface area is 128 Å². The lowest BCUT2D eigenvalue weighted by Crippen LogP contribution is -2.41. The number of nitrogens with one attached hydrogen (secondary N) is 1. The molecule has 118 valence electrons. The molecule has 0 unspecified atom stereocenters. The summed E-state index contributed by atoms with van der Waals surface area (Å²) >= 11 is 0. The van der Waals surface area contributed by atoms with Crippen LogP contribution in [0.4, 0.5) is 10.5 Å². The van der Waals surface area contributed by atoms with E-state index in [-0.39, 0.29) is 17.5 Å².